The number of oxazole rings is 1. The largest absolute Gasteiger partial charge is 0.456 e. The molecular weight excluding hydrogens is 677 g/mol. The molecule has 0 amide bonds. The van der Waals surface area contributed by atoms with Crippen LogP contribution in [0.4, 0.5) is 0 Å². The molecule has 6 nitrogen and oxygen atoms in total. The number of furan rings is 1. The van der Waals surface area contributed by atoms with Crippen LogP contribution >= 0.6 is 0 Å². The number of fused-ring (bicyclic) bond motifs is 7. The Labute approximate surface area is 316 Å². The second kappa shape index (κ2) is 11.9. The first-order valence-electron chi connectivity index (χ1n) is 18.5. The topological polar surface area (TPSA) is 77.8 Å². The molecule has 0 bridgehead atoms. The van der Waals surface area contributed by atoms with E-state index in [1.165, 1.54) is 22.3 Å². The minimum Gasteiger partial charge on any atom is -0.456 e. The van der Waals surface area contributed by atoms with Crippen LogP contribution in [0.3, 0.4) is 0 Å². The summed E-state index contributed by atoms with van der Waals surface area (Å²) in [5.74, 6) is 2.44. The van der Waals surface area contributed by atoms with E-state index in [2.05, 4.69) is 68.4 Å². The molecule has 1 aliphatic carbocycles. The molecule has 0 saturated carbocycles. The van der Waals surface area contributed by atoms with Gasteiger partial charge in [-0.3, -0.25) is 0 Å². The first kappa shape index (κ1) is 31.4. The van der Waals surface area contributed by atoms with Gasteiger partial charge in [0.1, 0.15) is 16.7 Å². The number of aromatic nitrogens is 4. The molecule has 0 spiro atoms. The van der Waals surface area contributed by atoms with E-state index in [0.29, 0.717) is 23.4 Å². The minimum absolute atomic E-state index is 0.285. The lowest BCUT2D eigenvalue weighted by molar-refractivity contribution is 0.614. The van der Waals surface area contributed by atoms with E-state index in [4.69, 9.17) is 28.8 Å². The molecule has 10 aromatic rings. The Morgan fingerprint density at radius 3 is 1.69 bits per heavy atom. The van der Waals surface area contributed by atoms with Gasteiger partial charge in [0.15, 0.2) is 23.1 Å². The fraction of sp³-hybridized carbons (Fsp3) is 0.0612. The van der Waals surface area contributed by atoms with Gasteiger partial charge in [0.05, 0.1) is 0 Å². The number of rotatable bonds is 5. The number of nitrogens with zero attached hydrogens (tertiary/aromatic N) is 4. The highest BCUT2D eigenvalue weighted by molar-refractivity contribution is 6.13. The fourth-order valence-electron chi connectivity index (χ4n) is 8.18. The maximum absolute atomic E-state index is 6.58. The third-order valence-corrected chi connectivity index (χ3v) is 11.0. The molecule has 0 saturated heterocycles. The third kappa shape index (κ3) is 5.02. The van der Waals surface area contributed by atoms with Gasteiger partial charge in [-0.05, 0) is 81.9 Å². The van der Waals surface area contributed by atoms with Crippen LogP contribution in [0.1, 0.15) is 25.0 Å². The lowest BCUT2D eigenvalue weighted by Crippen LogP contribution is -2.15. The second-order valence-corrected chi connectivity index (χ2v) is 14.7. The average molecular weight is 709 g/mol. The van der Waals surface area contributed by atoms with Crippen molar-refractivity contribution >= 4 is 33.0 Å². The van der Waals surface area contributed by atoms with E-state index >= 15 is 0 Å². The Morgan fingerprint density at radius 1 is 0.400 bits per heavy atom. The van der Waals surface area contributed by atoms with Crippen molar-refractivity contribution in [1.29, 1.82) is 0 Å². The zero-order valence-corrected chi connectivity index (χ0v) is 30.1. The van der Waals surface area contributed by atoms with Gasteiger partial charge in [-0.25, -0.2) is 19.9 Å². The van der Waals surface area contributed by atoms with Crippen molar-refractivity contribution in [1.82, 2.24) is 19.9 Å². The van der Waals surface area contributed by atoms with E-state index < -0.39 is 0 Å². The van der Waals surface area contributed by atoms with Crippen molar-refractivity contribution in [3.8, 4) is 67.9 Å². The van der Waals surface area contributed by atoms with Gasteiger partial charge < -0.3 is 8.83 Å². The normalized spacial score (nSPS) is 13.1. The number of hydrogen-bond donors (Lipinski definition) is 0. The van der Waals surface area contributed by atoms with E-state index in [0.717, 1.165) is 66.4 Å². The molecule has 260 valence electrons. The molecule has 0 fully saturated rings. The Bertz CT molecular complexity index is 3050. The van der Waals surface area contributed by atoms with Crippen LogP contribution in [0, 0.1) is 0 Å². The summed E-state index contributed by atoms with van der Waals surface area (Å²) in [7, 11) is 0. The van der Waals surface area contributed by atoms with E-state index in [1.54, 1.807) is 0 Å². The highest BCUT2D eigenvalue weighted by Crippen LogP contribution is 2.52. The summed E-state index contributed by atoms with van der Waals surface area (Å²) in [5, 5.41) is 2.12. The van der Waals surface area contributed by atoms with Gasteiger partial charge in [0.25, 0.3) is 0 Å². The molecule has 1 aliphatic rings. The molecule has 55 heavy (non-hydrogen) atoms. The summed E-state index contributed by atoms with van der Waals surface area (Å²) in [6.07, 6.45) is 0. The summed E-state index contributed by atoms with van der Waals surface area (Å²) in [4.78, 5) is 20.0. The lowest BCUT2D eigenvalue weighted by Gasteiger charge is -2.22. The Balaban J connectivity index is 1.10. The van der Waals surface area contributed by atoms with Crippen LogP contribution in [0.25, 0.3) is 101 Å². The highest BCUT2D eigenvalue weighted by Gasteiger charge is 2.37. The van der Waals surface area contributed by atoms with Gasteiger partial charge in [0.2, 0.25) is 5.89 Å². The molecule has 0 radical (unpaired) electrons. The maximum Gasteiger partial charge on any atom is 0.227 e. The van der Waals surface area contributed by atoms with E-state index in [9.17, 15) is 0 Å². The average Bonchev–Trinajstić information content (AvgIpc) is 3.90. The standard InChI is InChI=1S/C49H32N4O2/c1-49(2)38-25-32(22-23-34(38)37-27-40-42(28-39(37)49)55-48(50-40)31-18-10-5-11-19-31)36-24-33(26-43-44(36)35-20-12-13-21-41(35)54-43)47-52-45(29-14-6-3-7-15-29)51-46(53-47)30-16-8-4-9-17-30/h3-28H,1-2H3. The lowest BCUT2D eigenvalue weighted by atomic mass is 9.81. The minimum atomic E-state index is -0.285. The zero-order valence-electron chi connectivity index (χ0n) is 30.1. The van der Waals surface area contributed by atoms with Crippen LogP contribution in [0.2, 0.25) is 0 Å². The predicted molar refractivity (Wildman–Crippen MR) is 219 cm³/mol. The number of hydrogen-bond acceptors (Lipinski definition) is 6. The molecule has 0 unspecified atom stereocenters. The maximum atomic E-state index is 6.58. The van der Waals surface area contributed by atoms with Gasteiger partial charge >= 0.3 is 0 Å². The van der Waals surface area contributed by atoms with Crippen molar-refractivity contribution < 1.29 is 8.83 Å². The number of para-hydroxylation sites is 1. The SMILES string of the molecule is CC1(C)c2cc(-c3cc(-c4nc(-c5ccccc5)nc(-c5ccccc5)n4)cc4oc5ccccc5c34)ccc2-c2cc3nc(-c4ccccc4)oc3cc21. The smallest absolute Gasteiger partial charge is 0.227 e. The van der Waals surface area contributed by atoms with Crippen LogP contribution < -0.4 is 0 Å². The summed E-state index contributed by atoms with van der Waals surface area (Å²) in [6.45, 7) is 4.59. The molecule has 7 aromatic carbocycles. The number of benzene rings is 7. The third-order valence-electron chi connectivity index (χ3n) is 11.0. The van der Waals surface area contributed by atoms with Gasteiger partial charge in [-0.1, -0.05) is 123 Å². The first-order valence-corrected chi connectivity index (χ1v) is 18.5. The quantitative estimate of drug-likeness (QED) is 0.177. The first-order chi connectivity index (χ1) is 27.0. The van der Waals surface area contributed by atoms with E-state index in [-0.39, 0.29) is 5.41 Å². The van der Waals surface area contributed by atoms with Crippen LogP contribution in [0.15, 0.2) is 167 Å². The molecule has 0 N–H and O–H groups in total. The molecule has 0 aliphatic heterocycles. The van der Waals surface area contributed by atoms with Gasteiger partial charge in [-0.15, -0.1) is 0 Å². The van der Waals surface area contributed by atoms with Gasteiger partial charge in [-0.2, -0.15) is 0 Å². The second-order valence-electron chi connectivity index (χ2n) is 14.7. The summed E-state index contributed by atoms with van der Waals surface area (Å²) < 4.78 is 12.9. The van der Waals surface area contributed by atoms with Crippen molar-refractivity contribution in [3.05, 3.63) is 169 Å². The predicted octanol–water partition coefficient (Wildman–Crippen LogP) is 12.6. The summed E-state index contributed by atoms with van der Waals surface area (Å²) in [5.41, 5.74) is 13.6. The summed E-state index contributed by atoms with van der Waals surface area (Å²) >= 11 is 0. The monoisotopic (exact) mass is 708 g/mol. The van der Waals surface area contributed by atoms with Crippen molar-refractivity contribution in [2.45, 2.75) is 19.3 Å². The van der Waals surface area contributed by atoms with Crippen molar-refractivity contribution in [2.24, 2.45) is 0 Å². The Morgan fingerprint density at radius 2 is 1.00 bits per heavy atom. The van der Waals surface area contributed by atoms with Crippen LogP contribution in [-0.2, 0) is 5.41 Å². The molecule has 3 heterocycles. The summed E-state index contributed by atoms with van der Waals surface area (Å²) in [6, 6.07) is 53.9. The van der Waals surface area contributed by atoms with Crippen molar-refractivity contribution in [2.75, 3.05) is 0 Å². The molecule has 11 rings (SSSR count). The molecule has 6 heteroatoms. The molecular formula is C49H32N4O2. The Kier molecular flexibility index (Phi) is 6.79. The van der Waals surface area contributed by atoms with Crippen LogP contribution in [0.5, 0.6) is 0 Å². The van der Waals surface area contributed by atoms with Crippen LogP contribution in [-0.4, -0.2) is 19.9 Å². The van der Waals surface area contributed by atoms with E-state index in [1.807, 2.05) is 103 Å². The highest BCUT2D eigenvalue weighted by atomic mass is 16.3. The zero-order chi connectivity index (χ0) is 36.7. The van der Waals surface area contributed by atoms with Crippen molar-refractivity contribution in [3.63, 3.8) is 0 Å². The molecule has 3 aromatic heterocycles. The fourth-order valence-corrected chi connectivity index (χ4v) is 8.18. The molecule has 0 atom stereocenters. The Hall–Kier alpha value is -7.18. The van der Waals surface area contributed by atoms with Gasteiger partial charge in [0, 0.05) is 38.4 Å².